The molecule has 0 saturated heterocycles. The minimum atomic E-state index is -0.00946. The van der Waals surface area contributed by atoms with E-state index in [4.69, 9.17) is 4.42 Å². The van der Waals surface area contributed by atoms with Crippen molar-refractivity contribution in [1.29, 1.82) is 0 Å². The SMILES string of the molecule is CC[C@H](CO)NC(=NCc1ccc(Br)cc1)NCCc1ccco1. The summed E-state index contributed by atoms with van der Waals surface area (Å²) >= 11 is 3.43. The van der Waals surface area contributed by atoms with E-state index in [-0.39, 0.29) is 12.6 Å². The van der Waals surface area contributed by atoms with Gasteiger partial charge in [-0.15, -0.1) is 0 Å². The third-order valence-corrected chi connectivity index (χ3v) is 4.16. The molecule has 1 aromatic carbocycles. The summed E-state index contributed by atoms with van der Waals surface area (Å²) in [6.45, 7) is 3.39. The fraction of sp³-hybridized carbons (Fsp3) is 0.389. The van der Waals surface area contributed by atoms with Gasteiger partial charge >= 0.3 is 0 Å². The van der Waals surface area contributed by atoms with E-state index in [2.05, 4.69) is 31.6 Å². The summed E-state index contributed by atoms with van der Waals surface area (Å²) < 4.78 is 6.39. The molecule has 0 aliphatic rings. The molecule has 24 heavy (non-hydrogen) atoms. The van der Waals surface area contributed by atoms with Crippen molar-refractivity contribution in [1.82, 2.24) is 10.6 Å². The lowest BCUT2D eigenvalue weighted by Gasteiger charge is -2.18. The maximum absolute atomic E-state index is 9.40. The maximum Gasteiger partial charge on any atom is 0.191 e. The van der Waals surface area contributed by atoms with Crippen LogP contribution < -0.4 is 10.6 Å². The van der Waals surface area contributed by atoms with Gasteiger partial charge < -0.3 is 20.2 Å². The number of hydrogen-bond donors (Lipinski definition) is 3. The average Bonchev–Trinajstić information content (AvgIpc) is 3.11. The topological polar surface area (TPSA) is 69.8 Å². The first-order valence-corrected chi connectivity index (χ1v) is 8.93. The zero-order valence-corrected chi connectivity index (χ0v) is 15.4. The average molecular weight is 394 g/mol. The van der Waals surface area contributed by atoms with E-state index in [0.717, 1.165) is 28.6 Å². The van der Waals surface area contributed by atoms with E-state index >= 15 is 0 Å². The van der Waals surface area contributed by atoms with Crippen LogP contribution in [0.4, 0.5) is 0 Å². The predicted molar refractivity (Wildman–Crippen MR) is 100.0 cm³/mol. The molecule has 2 aromatic rings. The zero-order valence-electron chi connectivity index (χ0n) is 13.8. The first kappa shape index (κ1) is 18.5. The van der Waals surface area contributed by atoms with Crippen LogP contribution in [0, 0.1) is 0 Å². The molecule has 0 aliphatic heterocycles. The molecule has 0 bridgehead atoms. The van der Waals surface area contributed by atoms with Crippen LogP contribution in [0.25, 0.3) is 0 Å². The van der Waals surface area contributed by atoms with Crippen LogP contribution in [-0.2, 0) is 13.0 Å². The smallest absolute Gasteiger partial charge is 0.191 e. The van der Waals surface area contributed by atoms with Crippen molar-refractivity contribution in [3.05, 3.63) is 58.5 Å². The standard InChI is InChI=1S/C18H24BrN3O2/c1-2-16(13-23)22-18(20-10-9-17-4-3-11-24-17)21-12-14-5-7-15(19)8-6-14/h3-8,11,16,23H,2,9-10,12-13H2,1H3,(H2,20,21,22)/t16-/m1/s1. The van der Waals surface area contributed by atoms with Crippen LogP contribution in [0.15, 0.2) is 56.5 Å². The Hall–Kier alpha value is -1.79. The fourth-order valence-corrected chi connectivity index (χ4v) is 2.41. The summed E-state index contributed by atoms with van der Waals surface area (Å²) in [6.07, 6.45) is 3.28. The van der Waals surface area contributed by atoms with E-state index < -0.39 is 0 Å². The summed E-state index contributed by atoms with van der Waals surface area (Å²) in [5, 5.41) is 16.0. The number of rotatable bonds is 8. The van der Waals surface area contributed by atoms with Crippen LogP contribution in [0.3, 0.4) is 0 Å². The number of aliphatic hydroxyl groups excluding tert-OH is 1. The minimum absolute atomic E-state index is 0.00946. The third kappa shape index (κ3) is 6.37. The lowest BCUT2D eigenvalue weighted by molar-refractivity contribution is 0.251. The first-order chi connectivity index (χ1) is 11.7. The number of halogens is 1. The Kier molecular flexibility index (Phi) is 7.85. The van der Waals surface area contributed by atoms with Crippen LogP contribution >= 0.6 is 15.9 Å². The molecule has 0 aliphatic carbocycles. The van der Waals surface area contributed by atoms with Crippen LogP contribution in [-0.4, -0.2) is 30.3 Å². The molecular formula is C18H24BrN3O2. The molecule has 1 aromatic heterocycles. The Morgan fingerprint density at radius 2 is 2.08 bits per heavy atom. The highest BCUT2D eigenvalue weighted by molar-refractivity contribution is 9.10. The molecule has 6 heteroatoms. The molecule has 1 atom stereocenters. The fourth-order valence-electron chi connectivity index (χ4n) is 2.14. The zero-order chi connectivity index (χ0) is 17.2. The number of aliphatic imine (C=N–C) groups is 1. The second-order valence-corrected chi connectivity index (χ2v) is 6.40. The third-order valence-electron chi connectivity index (χ3n) is 3.63. The largest absolute Gasteiger partial charge is 0.469 e. The van der Waals surface area contributed by atoms with Gasteiger partial charge in [0.05, 0.1) is 25.5 Å². The van der Waals surface area contributed by atoms with E-state index in [1.54, 1.807) is 6.26 Å². The number of hydrogen-bond acceptors (Lipinski definition) is 3. The number of nitrogens with one attached hydrogen (secondary N) is 2. The normalized spacial score (nSPS) is 12.9. The van der Waals surface area contributed by atoms with Gasteiger partial charge in [-0.2, -0.15) is 0 Å². The molecule has 0 amide bonds. The van der Waals surface area contributed by atoms with E-state index in [9.17, 15) is 5.11 Å². The predicted octanol–water partition coefficient (Wildman–Crippen LogP) is 3.09. The van der Waals surface area contributed by atoms with Crippen molar-refractivity contribution in [2.24, 2.45) is 4.99 Å². The molecule has 0 fully saturated rings. The minimum Gasteiger partial charge on any atom is -0.469 e. The van der Waals surface area contributed by atoms with Crippen molar-refractivity contribution in [2.45, 2.75) is 32.4 Å². The van der Waals surface area contributed by atoms with Gasteiger partial charge in [0.2, 0.25) is 0 Å². The van der Waals surface area contributed by atoms with Gasteiger partial charge in [-0.1, -0.05) is 35.0 Å². The summed E-state index contributed by atoms with van der Waals surface area (Å²) in [5.74, 6) is 1.63. The second kappa shape index (κ2) is 10.2. The highest BCUT2D eigenvalue weighted by atomic mass is 79.9. The maximum atomic E-state index is 9.40. The molecule has 130 valence electrons. The van der Waals surface area contributed by atoms with Crippen molar-refractivity contribution in [3.63, 3.8) is 0 Å². The van der Waals surface area contributed by atoms with Gasteiger partial charge in [0.1, 0.15) is 5.76 Å². The van der Waals surface area contributed by atoms with Crippen molar-refractivity contribution in [2.75, 3.05) is 13.2 Å². The van der Waals surface area contributed by atoms with Gasteiger partial charge in [0, 0.05) is 17.4 Å². The number of nitrogens with zero attached hydrogens (tertiary/aromatic N) is 1. The Morgan fingerprint density at radius 3 is 2.71 bits per heavy atom. The van der Waals surface area contributed by atoms with Crippen LogP contribution in [0.5, 0.6) is 0 Å². The highest BCUT2D eigenvalue weighted by Crippen LogP contribution is 2.11. The number of guanidine groups is 1. The summed E-state index contributed by atoms with van der Waals surface area (Å²) in [7, 11) is 0. The molecular weight excluding hydrogens is 370 g/mol. The molecule has 0 radical (unpaired) electrons. The lowest BCUT2D eigenvalue weighted by atomic mass is 10.2. The van der Waals surface area contributed by atoms with E-state index in [1.807, 2.05) is 43.3 Å². The van der Waals surface area contributed by atoms with E-state index in [1.165, 1.54) is 0 Å². The molecule has 0 saturated carbocycles. The lowest BCUT2D eigenvalue weighted by Crippen LogP contribution is -2.45. The van der Waals surface area contributed by atoms with Crippen LogP contribution in [0.1, 0.15) is 24.7 Å². The second-order valence-electron chi connectivity index (χ2n) is 5.48. The Balaban J connectivity index is 1.94. The Morgan fingerprint density at radius 1 is 1.29 bits per heavy atom. The molecule has 0 spiro atoms. The van der Waals surface area contributed by atoms with Gasteiger partial charge in [0.15, 0.2) is 5.96 Å². The monoisotopic (exact) mass is 393 g/mol. The van der Waals surface area contributed by atoms with Gasteiger partial charge in [-0.05, 0) is 36.2 Å². The Labute approximate surface area is 151 Å². The first-order valence-electron chi connectivity index (χ1n) is 8.13. The molecule has 1 heterocycles. The van der Waals surface area contributed by atoms with Crippen molar-refractivity contribution in [3.8, 4) is 0 Å². The summed E-state index contributed by atoms with van der Waals surface area (Å²) in [6, 6.07) is 11.9. The summed E-state index contributed by atoms with van der Waals surface area (Å²) in [4.78, 5) is 4.62. The van der Waals surface area contributed by atoms with Gasteiger partial charge in [-0.25, -0.2) is 4.99 Å². The van der Waals surface area contributed by atoms with Crippen molar-refractivity contribution >= 4 is 21.9 Å². The number of benzene rings is 1. The van der Waals surface area contributed by atoms with Gasteiger partial charge in [-0.3, -0.25) is 0 Å². The van der Waals surface area contributed by atoms with Crippen LogP contribution in [0.2, 0.25) is 0 Å². The van der Waals surface area contributed by atoms with Gasteiger partial charge in [0.25, 0.3) is 0 Å². The molecule has 0 unspecified atom stereocenters. The molecule has 3 N–H and O–H groups in total. The molecule has 2 rings (SSSR count). The Bertz CT molecular complexity index is 608. The van der Waals surface area contributed by atoms with E-state index in [0.29, 0.717) is 19.0 Å². The highest BCUT2D eigenvalue weighted by Gasteiger charge is 2.07. The summed E-state index contributed by atoms with van der Waals surface area (Å²) in [5.41, 5.74) is 1.13. The molecule has 5 nitrogen and oxygen atoms in total. The van der Waals surface area contributed by atoms with Crippen molar-refractivity contribution < 1.29 is 9.52 Å². The number of aliphatic hydroxyl groups is 1. The number of furan rings is 1. The quantitative estimate of drug-likeness (QED) is 0.476.